The molecule has 0 aromatic carbocycles. The van der Waals surface area contributed by atoms with Crippen molar-refractivity contribution in [1.29, 1.82) is 0 Å². The monoisotopic (exact) mass is 152 g/mol. The Labute approximate surface area is 65.9 Å². The molecule has 2 aliphatic carbocycles. The molecular formula is C9H12O2. The van der Waals surface area contributed by atoms with Gasteiger partial charge in [0.2, 0.25) is 0 Å². The van der Waals surface area contributed by atoms with E-state index in [0.717, 1.165) is 19.3 Å². The first-order valence-corrected chi connectivity index (χ1v) is 4.15. The summed E-state index contributed by atoms with van der Waals surface area (Å²) in [5.74, 6) is -0.685. The van der Waals surface area contributed by atoms with Crippen LogP contribution in [0.4, 0.5) is 0 Å². The van der Waals surface area contributed by atoms with E-state index in [9.17, 15) is 4.79 Å². The SMILES string of the molecule is O=C(O)C1CC12C=CCCC2. The first kappa shape index (κ1) is 6.89. The summed E-state index contributed by atoms with van der Waals surface area (Å²) in [6.07, 6.45) is 8.51. The van der Waals surface area contributed by atoms with Gasteiger partial charge in [0.15, 0.2) is 0 Å². The molecular weight excluding hydrogens is 140 g/mol. The highest BCUT2D eigenvalue weighted by Crippen LogP contribution is 2.58. The summed E-state index contributed by atoms with van der Waals surface area (Å²) < 4.78 is 0. The minimum Gasteiger partial charge on any atom is -0.481 e. The summed E-state index contributed by atoms with van der Waals surface area (Å²) >= 11 is 0. The predicted octanol–water partition coefficient (Wildman–Crippen LogP) is 1.82. The number of hydrogen-bond donors (Lipinski definition) is 1. The number of carboxylic acids is 1. The van der Waals surface area contributed by atoms with E-state index in [2.05, 4.69) is 12.2 Å². The van der Waals surface area contributed by atoms with E-state index in [1.54, 1.807) is 0 Å². The maximum Gasteiger partial charge on any atom is 0.307 e. The third kappa shape index (κ3) is 0.971. The molecule has 1 fully saturated rings. The minimum absolute atomic E-state index is 0.0703. The van der Waals surface area contributed by atoms with E-state index in [4.69, 9.17) is 5.11 Å². The van der Waals surface area contributed by atoms with Crippen molar-refractivity contribution in [2.45, 2.75) is 25.7 Å². The Morgan fingerprint density at radius 3 is 2.91 bits per heavy atom. The fraction of sp³-hybridized carbons (Fsp3) is 0.667. The Morgan fingerprint density at radius 1 is 1.64 bits per heavy atom. The molecule has 11 heavy (non-hydrogen) atoms. The smallest absolute Gasteiger partial charge is 0.307 e. The van der Waals surface area contributed by atoms with Crippen molar-refractivity contribution in [3.8, 4) is 0 Å². The van der Waals surface area contributed by atoms with Crippen LogP contribution in [0.5, 0.6) is 0 Å². The van der Waals surface area contributed by atoms with Crippen LogP contribution in [0.3, 0.4) is 0 Å². The number of rotatable bonds is 1. The molecule has 2 nitrogen and oxygen atoms in total. The molecule has 0 aliphatic heterocycles. The summed E-state index contributed by atoms with van der Waals surface area (Å²) in [5.41, 5.74) is 0.0874. The maximum atomic E-state index is 10.6. The largest absolute Gasteiger partial charge is 0.481 e. The third-order valence-electron chi connectivity index (χ3n) is 2.88. The molecule has 1 saturated carbocycles. The Bertz CT molecular complexity index is 220. The number of allylic oxidation sites excluding steroid dienone is 2. The molecule has 0 aromatic heterocycles. The average Bonchev–Trinajstić information content (AvgIpc) is 2.66. The molecule has 2 unspecified atom stereocenters. The van der Waals surface area contributed by atoms with Gasteiger partial charge in [0.1, 0.15) is 0 Å². The van der Waals surface area contributed by atoms with Gasteiger partial charge in [-0.1, -0.05) is 12.2 Å². The van der Waals surface area contributed by atoms with E-state index in [-0.39, 0.29) is 11.3 Å². The molecule has 0 aromatic rings. The van der Waals surface area contributed by atoms with Crippen molar-refractivity contribution in [3.63, 3.8) is 0 Å². The second kappa shape index (κ2) is 2.10. The quantitative estimate of drug-likeness (QED) is 0.582. The van der Waals surface area contributed by atoms with Crippen molar-refractivity contribution in [2.24, 2.45) is 11.3 Å². The average molecular weight is 152 g/mol. The van der Waals surface area contributed by atoms with Crippen LogP contribution in [0.15, 0.2) is 12.2 Å². The fourth-order valence-electron chi connectivity index (χ4n) is 2.07. The molecule has 0 radical (unpaired) electrons. The molecule has 0 saturated heterocycles. The zero-order valence-corrected chi connectivity index (χ0v) is 6.42. The van der Waals surface area contributed by atoms with Crippen molar-refractivity contribution < 1.29 is 9.90 Å². The standard InChI is InChI=1S/C9H12O2/c10-8(11)7-6-9(7)4-2-1-3-5-9/h2,4,7H,1,3,5-6H2,(H,10,11). The van der Waals surface area contributed by atoms with Crippen LogP contribution in [-0.2, 0) is 4.79 Å². The van der Waals surface area contributed by atoms with Crippen molar-refractivity contribution in [2.75, 3.05) is 0 Å². The van der Waals surface area contributed by atoms with Crippen LogP contribution in [0.2, 0.25) is 0 Å². The van der Waals surface area contributed by atoms with Crippen molar-refractivity contribution in [1.82, 2.24) is 0 Å². The van der Waals surface area contributed by atoms with E-state index >= 15 is 0 Å². The Balaban J connectivity index is 2.10. The molecule has 2 atom stereocenters. The van der Waals surface area contributed by atoms with Gasteiger partial charge in [-0.2, -0.15) is 0 Å². The predicted molar refractivity (Wildman–Crippen MR) is 41.2 cm³/mol. The van der Waals surface area contributed by atoms with Crippen LogP contribution in [0, 0.1) is 11.3 Å². The summed E-state index contributed by atoms with van der Waals surface area (Å²) in [6.45, 7) is 0. The topological polar surface area (TPSA) is 37.3 Å². The zero-order chi connectivity index (χ0) is 7.90. The highest BCUT2D eigenvalue weighted by molar-refractivity contribution is 5.75. The lowest BCUT2D eigenvalue weighted by Gasteiger charge is -2.14. The highest BCUT2D eigenvalue weighted by atomic mass is 16.4. The van der Waals surface area contributed by atoms with Crippen molar-refractivity contribution in [3.05, 3.63) is 12.2 Å². The molecule has 0 amide bonds. The van der Waals surface area contributed by atoms with E-state index < -0.39 is 5.97 Å². The number of aliphatic carboxylic acids is 1. The molecule has 1 spiro atoms. The molecule has 1 N–H and O–H groups in total. The number of carbonyl (C=O) groups is 1. The lowest BCUT2D eigenvalue weighted by Crippen LogP contribution is -2.10. The Morgan fingerprint density at radius 2 is 2.45 bits per heavy atom. The molecule has 0 bridgehead atoms. The molecule has 2 aliphatic rings. The molecule has 2 heteroatoms. The Hall–Kier alpha value is -0.790. The van der Waals surface area contributed by atoms with Gasteiger partial charge in [0.05, 0.1) is 5.92 Å². The minimum atomic E-state index is -0.614. The van der Waals surface area contributed by atoms with Crippen LogP contribution in [0.1, 0.15) is 25.7 Å². The second-order valence-electron chi connectivity index (χ2n) is 3.62. The van der Waals surface area contributed by atoms with Crippen LogP contribution < -0.4 is 0 Å². The van der Waals surface area contributed by atoms with Gasteiger partial charge in [0.25, 0.3) is 0 Å². The lowest BCUT2D eigenvalue weighted by atomic mass is 9.91. The first-order chi connectivity index (χ1) is 5.25. The third-order valence-corrected chi connectivity index (χ3v) is 2.88. The first-order valence-electron chi connectivity index (χ1n) is 4.15. The van der Waals surface area contributed by atoms with E-state index in [1.807, 2.05) is 0 Å². The zero-order valence-electron chi connectivity index (χ0n) is 6.42. The lowest BCUT2D eigenvalue weighted by molar-refractivity contribution is -0.139. The van der Waals surface area contributed by atoms with Crippen LogP contribution in [0.25, 0.3) is 0 Å². The van der Waals surface area contributed by atoms with Gasteiger partial charge in [-0.25, -0.2) is 0 Å². The molecule has 2 rings (SSSR count). The maximum absolute atomic E-state index is 10.6. The van der Waals surface area contributed by atoms with Gasteiger partial charge < -0.3 is 5.11 Å². The van der Waals surface area contributed by atoms with Gasteiger partial charge in [-0.05, 0) is 25.7 Å². The van der Waals surface area contributed by atoms with Crippen molar-refractivity contribution >= 4 is 5.97 Å². The van der Waals surface area contributed by atoms with E-state index in [1.165, 1.54) is 6.42 Å². The number of hydrogen-bond acceptors (Lipinski definition) is 1. The normalized spacial score (nSPS) is 40.9. The van der Waals surface area contributed by atoms with Crippen LogP contribution >= 0.6 is 0 Å². The molecule has 60 valence electrons. The summed E-state index contributed by atoms with van der Waals surface area (Å²) in [7, 11) is 0. The van der Waals surface area contributed by atoms with Gasteiger partial charge in [-0.3, -0.25) is 4.79 Å². The van der Waals surface area contributed by atoms with E-state index in [0.29, 0.717) is 0 Å². The van der Waals surface area contributed by atoms with Gasteiger partial charge >= 0.3 is 5.97 Å². The van der Waals surface area contributed by atoms with Gasteiger partial charge in [-0.15, -0.1) is 0 Å². The van der Waals surface area contributed by atoms with Gasteiger partial charge in [0, 0.05) is 5.41 Å². The summed E-state index contributed by atoms with van der Waals surface area (Å²) in [4.78, 5) is 10.6. The van der Waals surface area contributed by atoms with Crippen LogP contribution in [-0.4, -0.2) is 11.1 Å². The fourth-order valence-corrected chi connectivity index (χ4v) is 2.07. The molecule has 0 heterocycles. The summed E-state index contributed by atoms with van der Waals surface area (Å²) in [5, 5.41) is 8.74. The second-order valence-corrected chi connectivity index (χ2v) is 3.62. The summed E-state index contributed by atoms with van der Waals surface area (Å²) in [6, 6.07) is 0. The number of carboxylic acid groups (broad SMARTS) is 1. The highest BCUT2D eigenvalue weighted by Gasteiger charge is 2.56. The Kier molecular flexibility index (Phi) is 1.31.